The molecule has 0 aliphatic heterocycles. The molecule has 0 saturated carbocycles. The van der Waals surface area contributed by atoms with E-state index in [2.05, 4.69) is 44.4 Å². The summed E-state index contributed by atoms with van der Waals surface area (Å²) in [6.45, 7) is 3.20. The highest BCUT2D eigenvalue weighted by Gasteiger charge is 2.09. The number of aryl methyl sites for hydroxylation is 1. The number of unbranched alkanes of at least 4 members (excludes halogenated alkanes) is 1. The molecule has 1 N–H and O–H groups in total. The Kier molecular flexibility index (Phi) is 6.80. The van der Waals surface area contributed by atoms with Crippen molar-refractivity contribution in [1.29, 1.82) is 0 Å². The summed E-state index contributed by atoms with van der Waals surface area (Å²) in [6, 6.07) is 0. The molecule has 0 bridgehead atoms. The molecule has 0 fully saturated rings. The van der Waals surface area contributed by atoms with Gasteiger partial charge in [0.25, 0.3) is 0 Å². The molecule has 9 nitrogen and oxygen atoms in total. The monoisotopic (exact) mass is 376 g/mol. The number of nitrogens with zero attached hydrogens (tertiary/aromatic N) is 5. The van der Waals surface area contributed by atoms with E-state index in [9.17, 15) is 13.2 Å². The highest BCUT2D eigenvalue weighted by Crippen LogP contribution is 2.01. The van der Waals surface area contributed by atoms with Gasteiger partial charge in [0.2, 0.25) is 20.9 Å². The number of nitrogens with one attached hydrogen (secondary N) is 1. The van der Waals surface area contributed by atoms with Crippen molar-refractivity contribution in [2.75, 3.05) is 6.26 Å². The van der Waals surface area contributed by atoms with E-state index in [1.165, 1.54) is 12.4 Å². The van der Waals surface area contributed by atoms with Crippen molar-refractivity contribution in [3.05, 3.63) is 29.8 Å². The minimum Gasteiger partial charge on any atom is -0.349 e. The Hall–Kier alpha value is -2.80. The SMILES string of the molecule is CCCCn1cc(CNC(=O)CC#Cc2cnc(S(C)(=O)=O)nc2)nn1. The third-order valence-electron chi connectivity index (χ3n) is 3.24. The van der Waals surface area contributed by atoms with E-state index in [1.54, 1.807) is 4.68 Å². The molecule has 0 aliphatic rings. The molecule has 0 radical (unpaired) electrons. The number of sulfone groups is 1. The van der Waals surface area contributed by atoms with Gasteiger partial charge in [0.1, 0.15) is 5.69 Å². The van der Waals surface area contributed by atoms with Crippen LogP contribution in [0.2, 0.25) is 0 Å². The van der Waals surface area contributed by atoms with Crippen LogP contribution in [0.25, 0.3) is 0 Å². The summed E-state index contributed by atoms with van der Waals surface area (Å²) in [5.74, 6) is 5.17. The Morgan fingerprint density at radius 2 is 2.04 bits per heavy atom. The Bertz CT molecular complexity index is 909. The topological polar surface area (TPSA) is 120 Å². The van der Waals surface area contributed by atoms with Crippen LogP contribution < -0.4 is 5.32 Å². The van der Waals surface area contributed by atoms with Gasteiger partial charge in [-0.2, -0.15) is 0 Å². The Labute approximate surface area is 152 Å². The first kappa shape index (κ1) is 19.5. The minimum atomic E-state index is -3.44. The Balaban J connectivity index is 1.80. The van der Waals surface area contributed by atoms with Crippen molar-refractivity contribution in [3.63, 3.8) is 0 Å². The molecule has 10 heteroatoms. The fraction of sp³-hybridized carbons (Fsp3) is 0.438. The van der Waals surface area contributed by atoms with Crippen LogP contribution in [-0.2, 0) is 27.7 Å². The molecule has 0 aromatic carbocycles. The molecular weight excluding hydrogens is 356 g/mol. The lowest BCUT2D eigenvalue weighted by Crippen LogP contribution is -2.22. The summed E-state index contributed by atoms with van der Waals surface area (Å²) in [4.78, 5) is 19.2. The normalized spacial score (nSPS) is 10.8. The molecule has 0 saturated heterocycles. The molecular formula is C16H20N6O3S. The van der Waals surface area contributed by atoms with Gasteiger partial charge in [-0.3, -0.25) is 9.48 Å². The van der Waals surface area contributed by atoms with Crippen molar-refractivity contribution in [3.8, 4) is 11.8 Å². The summed E-state index contributed by atoms with van der Waals surface area (Å²) in [7, 11) is -3.44. The van der Waals surface area contributed by atoms with Gasteiger partial charge in [-0.15, -0.1) is 5.10 Å². The lowest BCUT2D eigenvalue weighted by atomic mass is 10.3. The molecule has 2 aromatic heterocycles. The average Bonchev–Trinajstić information content (AvgIpc) is 3.06. The van der Waals surface area contributed by atoms with Gasteiger partial charge in [-0.05, 0) is 6.42 Å². The number of amides is 1. The fourth-order valence-electron chi connectivity index (χ4n) is 1.90. The first-order chi connectivity index (χ1) is 12.4. The van der Waals surface area contributed by atoms with Crippen LogP contribution in [0, 0.1) is 11.8 Å². The molecule has 26 heavy (non-hydrogen) atoms. The van der Waals surface area contributed by atoms with Crippen molar-refractivity contribution < 1.29 is 13.2 Å². The zero-order valence-corrected chi connectivity index (χ0v) is 15.5. The average molecular weight is 376 g/mol. The molecule has 0 atom stereocenters. The summed E-state index contributed by atoms with van der Waals surface area (Å²) in [6.07, 6.45) is 7.55. The lowest BCUT2D eigenvalue weighted by molar-refractivity contribution is -0.120. The standard InChI is InChI=1S/C16H20N6O3S/c1-3-4-8-22-12-14(20-21-22)11-17-15(23)7-5-6-13-9-18-16(19-10-13)26(2,24)25/h9-10,12H,3-4,7-8,11H2,1-2H3,(H,17,23). The smallest absolute Gasteiger partial charge is 0.246 e. The number of carbonyl (C=O) groups excluding carboxylic acids is 1. The van der Waals surface area contributed by atoms with Gasteiger partial charge in [0.05, 0.1) is 24.7 Å². The lowest BCUT2D eigenvalue weighted by Gasteiger charge is -1.99. The van der Waals surface area contributed by atoms with E-state index in [0.717, 1.165) is 25.6 Å². The van der Waals surface area contributed by atoms with Gasteiger partial charge >= 0.3 is 0 Å². The van der Waals surface area contributed by atoms with E-state index in [1.807, 2.05) is 6.20 Å². The van der Waals surface area contributed by atoms with E-state index in [-0.39, 0.29) is 17.5 Å². The van der Waals surface area contributed by atoms with E-state index in [4.69, 9.17) is 0 Å². The highest BCUT2D eigenvalue weighted by atomic mass is 32.2. The molecule has 1 amide bonds. The fourth-order valence-corrected chi connectivity index (χ4v) is 2.39. The van der Waals surface area contributed by atoms with E-state index in [0.29, 0.717) is 17.8 Å². The maximum Gasteiger partial charge on any atom is 0.246 e. The van der Waals surface area contributed by atoms with Crippen LogP contribution >= 0.6 is 0 Å². The molecule has 2 heterocycles. The molecule has 0 spiro atoms. The molecule has 2 rings (SSSR count). The summed E-state index contributed by atoms with van der Waals surface area (Å²) in [5, 5.41) is 10.4. The first-order valence-corrected chi connectivity index (χ1v) is 9.94. The van der Waals surface area contributed by atoms with Crippen LogP contribution in [0.15, 0.2) is 23.7 Å². The van der Waals surface area contributed by atoms with Gasteiger partial charge in [-0.25, -0.2) is 18.4 Å². The number of carbonyl (C=O) groups is 1. The van der Waals surface area contributed by atoms with Crippen LogP contribution in [0.3, 0.4) is 0 Å². The predicted octanol–water partition coefficient (Wildman–Crippen LogP) is 0.330. The maximum atomic E-state index is 11.8. The van der Waals surface area contributed by atoms with Crippen molar-refractivity contribution in [2.45, 2.75) is 44.4 Å². The number of hydrogen-bond donors (Lipinski definition) is 1. The second-order valence-corrected chi connectivity index (χ2v) is 7.52. The number of hydrogen-bond acceptors (Lipinski definition) is 7. The second-order valence-electron chi connectivity index (χ2n) is 5.61. The zero-order valence-electron chi connectivity index (χ0n) is 14.6. The summed E-state index contributed by atoms with van der Waals surface area (Å²) >= 11 is 0. The molecule has 2 aromatic rings. The first-order valence-electron chi connectivity index (χ1n) is 8.05. The molecule has 138 valence electrons. The highest BCUT2D eigenvalue weighted by molar-refractivity contribution is 7.90. The Morgan fingerprint density at radius 3 is 2.69 bits per heavy atom. The number of aromatic nitrogens is 5. The number of rotatable bonds is 7. The second kappa shape index (κ2) is 9.05. The van der Waals surface area contributed by atoms with Crippen LogP contribution in [0.5, 0.6) is 0 Å². The third kappa shape index (κ3) is 6.25. The zero-order chi connectivity index (χ0) is 19.0. The van der Waals surface area contributed by atoms with E-state index >= 15 is 0 Å². The predicted molar refractivity (Wildman–Crippen MR) is 93.4 cm³/mol. The van der Waals surface area contributed by atoms with Crippen LogP contribution in [-0.4, -0.2) is 45.5 Å². The van der Waals surface area contributed by atoms with E-state index < -0.39 is 9.84 Å². The summed E-state index contributed by atoms with van der Waals surface area (Å²) in [5.41, 5.74) is 1.12. The molecule has 0 unspecified atom stereocenters. The van der Waals surface area contributed by atoms with Crippen LogP contribution in [0.1, 0.15) is 37.4 Å². The maximum absolute atomic E-state index is 11.8. The van der Waals surface area contributed by atoms with Crippen LogP contribution in [0.4, 0.5) is 0 Å². The third-order valence-corrected chi connectivity index (χ3v) is 4.11. The van der Waals surface area contributed by atoms with Crippen molar-refractivity contribution in [2.24, 2.45) is 0 Å². The minimum absolute atomic E-state index is 0.00218. The Morgan fingerprint density at radius 1 is 1.31 bits per heavy atom. The van der Waals surface area contributed by atoms with Gasteiger partial charge in [-0.1, -0.05) is 30.4 Å². The quantitative estimate of drug-likeness (QED) is 0.546. The van der Waals surface area contributed by atoms with Gasteiger partial charge < -0.3 is 5.32 Å². The largest absolute Gasteiger partial charge is 0.349 e. The van der Waals surface area contributed by atoms with Crippen molar-refractivity contribution >= 4 is 15.7 Å². The summed E-state index contributed by atoms with van der Waals surface area (Å²) < 4.78 is 24.3. The molecule has 0 aliphatic carbocycles. The van der Waals surface area contributed by atoms with Gasteiger partial charge in [0.15, 0.2) is 0 Å². The van der Waals surface area contributed by atoms with Crippen molar-refractivity contribution in [1.82, 2.24) is 30.3 Å². The van der Waals surface area contributed by atoms with Gasteiger partial charge in [0, 0.05) is 25.2 Å².